The number of hydrogen-bond donors (Lipinski definition) is 2. The van der Waals surface area contributed by atoms with Crippen molar-refractivity contribution in [1.29, 1.82) is 0 Å². The lowest BCUT2D eigenvalue weighted by molar-refractivity contribution is -0.123. The van der Waals surface area contributed by atoms with Gasteiger partial charge in [-0.3, -0.25) is 13.9 Å². The van der Waals surface area contributed by atoms with Crippen LogP contribution in [-0.2, 0) is 31.2 Å². The van der Waals surface area contributed by atoms with Crippen molar-refractivity contribution in [3.8, 4) is 0 Å². The van der Waals surface area contributed by atoms with Gasteiger partial charge in [0.25, 0.3) is 5.91 Å². The minimum atomic E-state index is -4.12. The molecule has 0 radical (unpaired) electrons. The van der Waals surface area contributed by atoms with Crippen molar-refractivity contribution in [2.45, 2.75) is 25.6 Å². The van der Waals surface area contributed by atoms with E-state index in [1.807, 2.05) is 36.4 Å². The van der Waals surface area contributed by atoms with E-state index in [0.717, 1.165) is 5.56 Å². The summed E-state index contributed by atoms with van der Waals surface area (Å²) >= 11 is 0. The number of amides is 1. The normalized spacial score (nSPS) is 13.5. The summed E-state index contributed by atoms with van der Waals surface area (Å²) in [4.78, 5) is 35.3. The Bertz CT molecular complexity index is 1100. The van der Waals surface area contributed by atoms with Gasteiger partial charge in [-0.1, -0.05) is 60.7 Å². The standard InChI is InChI=1S/C25H26NO6P/c1-2-31-25(28)21-13-15-22(16-14-21)26-24(27)23(17-19-9-5-3-6-10-19)32-33(29,30)18-20-11-7-4-8-12-20/h3-16,23H,2,17-18H2,1H3,(H,26,27)(H,29,30)/t23-/m0/s1. The number of nitrogens with one attached hydrogen (secondary N) is 1. The number of benzene rings is 3. The van der Waals surface area contributed by atoms with Crippen LogP contribution in [0.25, 0.3) is 0 Å². The Labute approximate surface area is 192 Å². The Morgan fingerprint density at radius 1 is 0.909 bits per heavy atom. The Balaban J connectivity index is 1.74. The van der Waals surface area contributed by atoms with Crippen molar-refractivity contribution < 1.29 is 28.3 Å². The van der Waals surface area contributed by atoms with E-state index in [4.69, 9.17) is 9.26 Å². The van der Waals surface area contributed by atoms with E-state index in [1.54, 1.807) is 43.3 Å². The molecule has 33 heavy (non-hydrogen) atoms. The molecule has 0 spiro atoms. The first-order valence-corrected chi connectivity index (χ1v) is 12.3. The summed E-state index contributed by atoms with van der Waals surface area (Å²) in [7, 11) is -4.12. The van der Waals surface area contributed by atoms with Crippen LogP contribution in [0.3, 0.4) is 0 Å². The summed E-state index contributed by atoms with van der Waals surface area (Å²) in [5.41, 5.74) is 2.20. The van der Waals surface area contributed by atoms with Gasteiger partial charge >= 0.3 is 13.6 Å². The molecular weight excluding hydrogens is 441 g/mol. The fourth-order valence-electron chi connectivity index (χ4n) is 3.18. The maximum absolute atomic E-state index is 13.0. The van der Waals surface area contributed by atoms with Crippen LogP contribution in [0.4, 0.5) is 5.69 Å². The molecule has 8 heteroatoms. The van der Waals surface area contributed by atoms with Crippen LogP contribution in [-0.4, -0.2) is 29.5 Å². The van der Waals surface area contributed by atoms with Crippen LogP contribution in [0, 0.1) is 0 Å². The zero-order chi connectivity index (χ0) is 23.7. The SMILES string of the molecule is CCOC(=O)c1ccc(NC(=O)[C@H](Cc2ccccc2)OP(=O)(O)Cc2ccccc2)cc1. The van der Waals surface area contributed by atoms with Crippen LogP contribution in [0.15, 0.2) is 84.9 Å². The van der Waals surface area contributed by atoms with Gasteiger partial charge in [-0.15, -0.1) is 0 Å². The first-order chi connectivity index (χ1) is 15.9. The highest BCUT2D eigenvalue weighted by Gasteiger charge is 2.30. The minimum Gasteiger partial charge on any atom is -0.462 e. The molecule has 1 amide bonds. The van der Waals surface area contributed by atoms with Crippen molar-refractivity contribution in [1.82, 2.24) is 0 Å². The smallest absolute Gasteiger partial charge is 0.338 e. The zero-order valence-electron chi connectivity index (χ0n) is 18.2. The van der Waals surface area contributed by atoms with Gasteiger partial charge in [0.15, 0.2) is 0 Å². The van der Waals surface area contributed by atoms with Gasteiger partial charge in [-0.05, 0) is 42.3 Å². The van der Waals surface area contributed by atoms with E-state index in [0.29, 0.717) is 16.8 Å². The van der Waals surface area contributed by atoms with Gasteiger partial charge in [0, 0.05) is 12.1 Å². The van der Waals surface area contributed by atoms with E-state index in [-0.39, 0.29) is 19.2 Å². The second kappa shape index (κ2) is 11.6. The molecule has 3 aromatic rings. The van der Waals surface area contributed by atoms with Gasteiger partial charge in [0.2, 0.25) is 0 Å². The van der Waals surface area contributed by atoms with E-state index >= 15 is 0 Å². The van der Waals surface area contributed by atoms with Crippen LogP contribution < -0.4 is 5.32 Å². The van der Waals surface area contributed by atoms with E-state index in [2.05, 4.69) is 5.32 Å². The van der Waals surface area contributed by atoms with Crippen molar-refractivity contribution in [2.75, 3.05) is 11.9 Å². The van der Waals surface area contributed by atoms with E-state index in [1.165, 1.54) is 12.1 Å². The molecule has 1 unspecified atom stereocenters. The number of ether oxygens (including phenoxy) is 1. The lowest BCUT2D eigenvalue weighted by atomic mass is 10.1. The topological polar surface area (TPSA) is 102 Å². The van der Waals surface area contributed by atoms with Crippen molar-refractivity contribution in [3.63, 3.8) is 0 Å². The van der Waals surface area contributed by atoms with E-state index in [9.17, 15) is 19.0 Å². The Kier molecular flexibility index (Phi) is 8.55. The van der Waals surface area contributed by atoms with Gasteiger partial charge in [0.05, 0.1) is 18.3 Å². The van der Waals surface area contributed by atoms with Crippen LogP contribution in [0.2, 0.25) is 0 Å². The van der Waals surface area contributed by atoms with E-state index < -0.39 is 25.6 Å². The summed E-state index contributed by atoms with van der Waals surface area (Å²) < 4.78 is 23.3. The molecule has 0 saturated heterocycles. The summed E-state index contributed by atoms with van der Waals surface area (Å²) in [6, 6.07) is 24.1. The molecule has 3 rings (SSSR count). The molecule has 172 valence electrons. The van der Waals surface area contributed by atoms with Gasteiger partial charge in [0.1, 0.15) is 6.10 Å². The average Bonchev–Trinajstić information content (AvgIpc) is 2.80. The summed E-state index contributed by atoms with van der Waals surface area (Å²) in [6.45, 7) is 1.98. The highest BCUT2D eigenvalue weighted by atomic mass is 31.2. The molecule has 0 aliphatic heterocycles. The third-order valence-electron chi connectivity index (χ3n) is 4.74. The molecule has 2 N–H and O–H groups in total. The number of carbonyl (C=O) groups excluding carboxylic acids is 2. The second-order valence-corrected chi connectivity index (χ2v) is 9.15. The fourth-order valence-corrected chi connectivity index (χ4v) is 4.50. The quantitative estimate of drug-likeness (QED) is 0.328. The molecule has 2 atom stereocenters. The highest BCUT2D eigenvalue weighted by molar-refractivity contribution is 7.52. The summed E-state index contributed by atoms with van der Waals surface area (Å²) in [5.74, 6) is -1.02. The Morgan fingerprint density at radius 3 is 2.06 bits per heavy atom. The molecule has 0 aromatic heterocycles. The van der Waals surface area contributed by atoms with Gasteiger partial charge < -0.3 is 14.9 Å². The number of hydrogen-bond acceptors (Lipinski definition) is 5. The van der Waals surface area contributed by atoms with Gasteiger partial charge in [-0.25, -0.2) is 4.79 Å². The highest BCUT2D eigenvalue weighted by Crippen LogP contribution is 2.47. The lowest BCUT2D eigenvalue weighted by Crippen LogP contribution is -2.32. The van der Waals surface area contributed by atoms with Crippen molar-refractivity contribution in [3.05, 3.63) is 102 Å². The maximum atomic E-state index is 13.0. The Hall–Kier alpha value is -3.25. The molecule has 0 saturated carbocycles. The lowest BCUT2D eigenvalue weighted by Gasteiger charge is -2.21. The van der Waals surface area contributed by atoms with Crippen LogP contribution in [0.1, 0.15) is 28.4 Å². The van der Waals surface area contributed by atoms with Crippen molar-refractivity contribution >= 4 is 25.2 Å². The first kappa shape index (κ1) is 24.4. The number of esters is 1. The number of anilines is 1. The predicted molar refractivity (Wildman–Crippen MR) is 126 cm³/mol. The molecule has 3 aromatic carbocycles. The number of rotatable bonds is 10. The van der Waals surface area contributed by atoms with Crippen molar-refractivity contribution in [2.24, 2.45) is 0 Å². The largest absolute Gasteiger partial charge is 0.462 e. The van der Waals surface area contributed by atoms with Crippen LogP contribution >= 0.6 is 7.60 Å². The summed E-state index contributed by atoms with van der Waals surface area (Å²) in [5, 5.41) is 2.70. The molecule has 0 fully saturated rings. The fraction of sp³-hybridized carbons (Fsp3) is 0.200. The van der Waals surface area contributed by atoms with Gasteiger partial charge in [-0.2, -0.15) is 0 Å². The molecule has 7 nitrogen and oxygen atoms in total. The third-order valence-corrected chi connectivity index (χ3v) is 6.09. The maximum Gasteiger partial charge on any atom is 0.338 e. The molecule has 0 heterocycles. The number of carbonyl (C=O) groups is 2. The minimum absolute atomic E-state index is 0.118. The third kappa shape index (κ3) is 7.68. The summed E-state index contributed by atoms with van der Waals surface area (Å²) in [6.07, 6.45) is -1.29. The molecule has 0 bridgehead atoms. The molecule has 0 aliphatic rings. The predicted octanol–water partition coefficient (Wildman–Crippen LogP) is 4.82. The molecule has 0 aliphatic carbocycles. The molecular formula is C25H26NO6P. The Morgan fingerprint density at radius 2 is 1.48 bits per heavy atom. The monoisotopic (exact) mass is 467 g/mol. The average molecular weight is 467 g/mol. The van der Waals surface area contributed by atoms with Crippen LogP contribution in [0.5, 0.6) is 0 Å². The first-order valence-electron chi connectivity index (χ1n) is 10.5. The zero-order valence-corrected chi connectivity index (χ0v) is 19.1. The second-order valence-electron chi connectivity index (χ2n) is 7.35.